The van der Waals surface area contributed by atoms with Gasteiger partial charge in [-0.05, 0) is 31.9 Å². The summed E-state index contributed by atoms with van der Waals surface area (Å²) in [6, 6.07) is 8.45. The minimum absolute atomic E-state index is 0.0198. The molecule has 0 saturated heterocycles. The zero-order valence-electron chi connectivity index (χ0n) is 12.3. The molecule has 1 amide bonds. The minimum Gasteiger partial charge on any atom is -0.352 e. The van der Waals surface area contributed by atoms with Gasteiger partial charge in [0.15, 0.2) is 5.96 Å². The molecule has 5 nitrogen and oxygen atoms in total. The van der Waals surface area contributed by atoms with Gasteiger partial charge >= 0.3 is 0 Å². The first-order valence-corrected chi connectivity index (χ1v) is 6.97. The van der Waals surface area contributed by atoms with Crippen LogP contribution in [0.2, 0.25) is 0 Å². The first-order chi connectivity index (χ1) is 9.61. The molecule has 2 N–H and O–H groups in total. The summed E-state index contributed by atoms with van der Waals surface area (Å²) in [5, 5.41) is 5.98. The third-order valence-corrected chi connectivity index (χ3v) is 3.21. The molecule has 5 heteroatoms. The van der Waals surface area contributed by atoms with Crippen LogP contribution in [0.25, 0.3) is 0 Å². The molecule has 1 aliphatic heterocycles. The van der Waals surface area contributed by atoms with E-state index in [4.69, 9.17) is 0 Å². The number of carbonyl (C=O) groups is 1. The number of amides is 1. The summed E-state index contributed by atoms with van der Waals surface area (Å²) in [7, 11) is 1.74. The number of carbonyl (C=O) groups excluding carboxylic acids is 1. The second-order valence-corrected chi connectivity index (χ2v) is 5.15. The second-order valence-electron chi connectivity index (χ2n) is 5.15. The van der Waals surface area contributed by atoms with Crippen LogP contribution in [0.15, 0.2) is 29.3 Å². The lowest BCUT2D eigenvalue weighted by Gasteiger charge is -2.22. The van der Waals surface area contributed by atoms with Crippen molar-refractivity contribution in [3.05, 3.63) is 29.8 Å². The molecule has 108 valence electrons. The predicted octanol–water partition coefficient (Wildman–Crippen LogP) is 1.15. The van der Waals surface area contributed by atoms with Gasteiger partial charge in [-0.15, -0.1) is 0 Å². The Hall–Kier alpha value is -2.04. The highest BCUT2D eigenvalue weighted by molar-refractivity contribution is 5.99. The molecule has 20 heavy (non-hydrogen) atoms. The van der Waals surface area contributed by atoms with Gasteiger partial charge in [0.2, 0.25) is 5.91 Å². The number of rotatable bonds is 3. The summed E-state index contributed by atoms with van der Waals surface area (Å²) < 4.78 is 0. The van der Waals surface area contributed by atoms with Gasteiger partial charge in [-0.25, -0.2) is 0 Å². The van der Waals surface area contributed by atoms with Crippen LogP contribution in [-0.4, -0.2) is 38.0 Å². The maximum Gasteiger partial charge on any atom is 0.239 e. The van der Waals surface area contributed by atoms with Crippen molar-refractivity contribution in [2.75, 3.05) is 25.0 Å². The fraction of sp³-hybridized carbons (Fsp3) is 0.467. The highest BCUT2D eigenvalue weighted by Crippen LogP contribution is 2.27. The number of benzene rings is 1. The number of fused-ring (bicyclic) bond motifs is 1. The van der Waals surface area contributed by atoms with Crippen LogP contribution in [0.3, 0.4) is 0 Å². The summed E-state index contributed by atoms with van der Waals surface area (Å²) in [5.41, 5.74) is 2.49. The molecule has 0 atom stereocenters. The van der Waals surface area contributed by atoms with Gasteiger partial charge in [-0.1, -0.05) is 18.2 Å². The van der Waals surface area contributed by atoms with Gasteiger partial charge in [-0.3, -0.25) is 9.79 Å². The van der Waals surface area contributed by atoms with E-state index in [1.807, 2.05) is 19.9 Å². The number of guanidine groups is 1. The molecule has 2 rings (SSSR count). The van der Waals surface area contributed by atoms with E-state index in [0.29, 0.717) is 0 Å². The second kappa shape index (κ2) is 6.41. The normalized spacial score (nSPS) is 14.4. The predicted molar refractivity (Wildman–Crippen MR) is 82.1 cm³/mol. The topological polar surface area (TPSA) is 56.7 Å². The van der Waals surface area contributed by atoms with E-state index >= 15 is 0 Å². The minimum atomic E-state index is -0.0198. The summed E-state index contributed by atoms with van der Waals surface area (Å²) in [6.07, 6.45) is 1.01. The van der Waals surface area contributed by atoms with Crippen molar-refractivity contribution < 1.29 is 4.79 Å². The highest BCUT2D eigenvalue weighted by atomic mass is 16.2. The van der Waals surface area contributed by atoms with E-state index in [0.717, 1.165) is 18.9 Å². The Morgan fingerprint density at radius 3 is 2.85 bits per heavy atom. The fourth-order valence-corrected chi connectivity index (χ4v) is 2.39. The van der Waals surface area contributed by atoms with Crippen molar-refractivity contribution in [2.45, 2.75) is 26.3 Å². The summed E-state index contributed by atoms with van der Waals surface area (Å²) in [4.78, 5) is 18.1. The Bertz CT molecular complexity index is 510. The van der Waals surface area contributed by atoms with Gasteiger partial charge < -0.3 is 15.5 Å². The quantitative estimate of drug-likeness (QED) is 0.642. The van der Waals surface area contributed by atoms with Gasteiger partial charge in [0.1, 0.15) is 0 Å². The molecule has 0 radical (unpaired) electrons. The van der Waals surface area contributed by atoms with Crippen LogP contribution >= 0.6 is 0 Å². The molecule has 1 aromatic carbocycles. The maximum atomic E-state index is 11.7. The Labute approximate surface area is 120 Å². The Balaban J connectivity index is 1.99. The number of hydrogen-bond donors (Lipinski definition) is 2. The van der Waals surface area contributed by atoms with Crippen LogP contribution in [0, 0.1) is 0 Å². The molecule has 0 bridgehead atoms. The molecular weight excluding hydrogens is 252 g/mol. The number of anilines is 1. The molecule has 0 spiro atoms. The number of aliphatic imine (C=N–C) groups is 1. The van der Waals surface area contributed by atoms with Crippen LogP contribution in [0.4, 0.5) is 5.69 Å². The van der Waals surface area contributed by atoms with Crippen molar-refractivity contribution in [3.8, 4) is 0 Å². The van der Waals surface area contributed by atoms with Gasteiger partial charge in [0.25, 0.3) is 0 Å². The van der Waals surface area contributed by atoms with Crippen LogP contribution in [0.5, 0.6) is 0 Å². The summed E-state index contributed by atoms with van der Waals surface area (Å²) >= 11 is 0. The van der Waals surface area contributed by atoms with Crippen molar-refractivity contribution in [2.24, 2.45) is 4.99 Å². The van der Waals surface area contributed by atoms with E-state index in [1.54, 1.807) is 7.05 Å². The number of hydrogen-bond acceptors (Lipinski definition) is 2. The Morgan fingerprint density at radius 2 is 2.15 bits per heavy atom. The average Bonchev–Trinajstić information content (AvgIpc) is 2.83. The van der Waals surface area contributed by atoms with Crippen molar-refractivity contribution in [1.82, 2.24) is 10.6 Å². The average molecular weight is 274 g/mol. The molecule has 1 aliphatic rings. The van der Waals surface area contributed by atoms with Crippen LogP contribution in [0.1, 0.15) is 19.4 Å². The SMILES string of the molecule is CN=C(NCC(=O)NC(C)C)N1CCc2ccccc21. The van der Waals surface area contributed by atoms with Crippen LogP contribution < -0.4 is 15.5 Å². The number of nitrogens with one attached hydrogen (secondary N) is 2. The molecule has 1 aromatic rings. The third-order valence-electron chi connectivity index (χ3n) is 3.21. The third kappa shape index (κ3) is 3.29. The van der Waals surface area contributed by atoms with Crippen molar-refractivity contribution in [1.29, 1.82) is 0 Å². The summed E-state index contributed by atoms with van der Waals surface area (Å²) in [6.45, 7) is 5.03. The molecule has 0 aromatic heterocycles. The molecule has 0 unspecified atom stereocenters. The maximum absolute atomic E-state index is 11.7. The molecule has 1 heterocycles. The van der Waals surface area contributed by atoms with E-state index in [1.165, 1.54) is 11.3 Å². The molecule has 0 saturated carbocycles. The first-order valence-electron chi connectivity index (χ1n) is 6.97. The van der Waals surface area contributed by atoms with E-state index in [2.05, 4.69) is 38.7 Å². The fourth-order valence-electron chi connectivity index (χ4n) is 2.39. The molecular formula is C15H22N4O. The van der Waals surface area contributed by atoms with E-state index in [-0.39, 0.29) is 18.5 Å². The monoisotopic (exact) mass is 274 g/mol. The van der Waals surface area contributed by atoms with Crippen molar-refractivity contribution >= 4 is 17.6 Å². The largest absolute Gasteiger partial charge is 0.352 e. The van der Waals surface area contributed by atoms with Gasteiger partial charge in [0.05, 0.1) is 6.54 Å². The van der Waals surface area contributed by atoms with E-state index < -0.39 is 0 Å². The zero-order valence-corrected chi connectivity index (χ0v) is 12.3. The highest BCUT2D eigenvalue weighted by Gasteiger charge is 2.22. The first kappa shape index (κ1) is 14.4. The molecule has 0 aliphatic carbocycles. The van der Waals surface area contributed by atoms with Gasteiger partial charge in [-0.2, -0.15) is 0 Å². The Kier molecular flexibility index (Phi) is 4.61. The lowest BCUT2D eigenvalue weighted by Crippen LogP contribution is -2.46. The van der Waals surface area contributed by atoms with Crippen LogP contribution in [-0.2, 0) is 11.2 Å². The lowest BCUT2D eigenvalue weighted by atomic mass is 10.2. The molecule has 0 fully saturated rings. The van der Waals surface area contributed by atoms with Crippen molar-refractivity contribution in [3.63, 3.8) is 0 Å². The summed E-state index contributed by atoms with van der Waals surface area (Å²) in [5.74, 6) is 0.725. The number of nitrogens with zero attached hydrogens (tertiary/aromatic N) is 2. The van der Waals surface area contributed by atoms with E-state index in [9.17, 15) is 4.79 Å². The number of para-hydroxylation sites is 1. The smallest absolute Gasteiger partial charge is 0.239 e. The zero-order chi connectivity index (χ0) is 14.5. The lowest BCUT2D eigenvalue weighted by molar-refractivity contribution is -0.120. The van der Waals surface area contributed by atoms with Gasteiger partial charge in [0, 0.05) is 25.3 Å². The standard InChI is InChI=1S/C15H22N4O/c1-11(2)18-14(20)10-17-15(16-3)19-9-8-12-6-4-5-7-13(12)19/h4-7,11H,8-10H2,1-3H3,(H,16,17)(H,18,20). The Morgan fingerprint density at radius 1 is 1.40 bits per heavy atom.